The predicted molar refractivity (Wildman–Crippen MR) is 74.5 cm³/mol. The van der Waals surface area contributed by atoms with Gasteiger partial charge in [0.15, 0.2) is 0 Å². The van der Waals surface area contributed by atoms with Crippen molar-refractivity contribution < 1.29 is 0 Å². The van der Waals surface area contributed by atoms with E-state index in [-0.39, 0.29) is 0 Å². The minimum Gasteiger partial charge on any atom is -0.325 e. The third-order valence-electron chi connectivity index (χ3n) is 2.86. The number of benzene rings is 1. The zero-order valence-corrected chi connectivity index (χ0v) is 10.8. The molecule has 2 aromatic heterocycles. The molecule has 20 heavy (non-hydrogen) atoms. The molecule has 0 bridgehead atoms. The summed E-state index contributed by atoms with van der Waals surface area (Å²) in [4.78, 5) is 5.95. The minimum absolute atomic E-state index is 0.424. The van der Waals surface area contributed by atoms with Gasteiger partial charge in [0.2, 0.25) is 5.82 Å². The first-order chi connectivity index (χ1) is 9.85. The maximum atomic E-state index is 5.58. The Morgan fingerprint density at radius 3 is 2.55 bits per heavy atom. The highest BCUT2D eigenvalue weighted by molar-refractivity contribution is 5.52. The largest absolute Gasteiger partial charge is 0.325 e. The standard InChI is InChI=1S/C14H14N6/c15-9-12-7-4-8-13(16-12)10-20-18-14(17-19-20)11-5-2-1-3-6-11/h1-8H,9-10,15H2. The molecule has 0 atom stereocenters. The second kappa shape index (κ2) is 5.58. The van der Waals surface area contributed by atoms with E-state index >= 15 is 0 Å². The van der Waals surface area contributed by atoms with Gasteiger partial charge in [-0.15, -0.1) is 10.2 Å². The first kappa shape index (κ1) is 12.4. The number of hydrogen-bond acceptors (Lipinski definition) is 5. The Kier molecular flexibility index (Phi) is 3.47. The summed E-state index contributed by atoms with van der Waals surface area (Å²) in [6, 6.07) is 15.5. The van der Waals surface area contributed by atoms with Crippen LogP contribution in [0.1, 0.15) is 11.4 Å². The average Bonchev–Trinajstić information content (AvgIpc) is 2.97. The Balaban J connectivity index is 1.80. The zero-order valence-electron chi connectivity index (χ0n) is 10.8. The van der Waals surface area contributed by atoms with Gasteiger partial charge in [0.05, 0.1) is 11.4 Å². The molecule has 3 aromatic rings. The number of hydrogen-bond donors (Lipinski definition) is 1. The number of aromatic nitrogens is 5. The second-order valence-electron chi connectivity index (χ2n) is 4.33. The highest BCUT2D eigenvalue weighted by atomic mass is 15.6. The summed E-state index contributed by atoms with van der Waals surface area (Å²) in [5.74, 6) is 0.612. The molecule has 0 aliphatic heterocycles. The Labute approximate surface area is 116 Å². The zero-order chi connectivity index (χ0) is 13.8. The van der Waals surface area contributed by atoms with E-state index < -0.39 is 0 Å². The highest BCUT2D eigenvalue weighted by Gasteiger charge is 2.06. The van der Waals surface area contributed by atoms with Gasteiger partial charge in [-0.3, -0.25) is 4.98 Å². The highest BCUT2D eigenvalue weighted by Crippen LogP contribution is 2.12. The lowest BCUT2D eigenvalue weighted by atomic mass is 10.2. The fourth-order valence-electron chi connectivity index (χ4n) is 1.89. The molecule has 0 saturated carbocycles. The summed E-state index contributed by atoms with van der Waals surface area (Å²) in [5.41, 5.74) is 8.24. The van der Waals surface area contributed by atoms with E-state index in [1.807, 2.05) is 48.5 Å². The van der Waals surface area contributed by atoms with Crippen LogP contribution in [0.3, 0.4) is 0 Å². The first-order valence-electron chi connectivity index (χ1n) is 6.33. The summed E-state index contributed by atoms with van der Waals surface area (Å²) in [6.07, 6.45) is 0. The van der Waals surface area contributed by atoms with Crippen molar-refractivity contribution in [3.05, 3.63) is 59.9 Å². The molecule has 0 saturated heterocycles. The van der Waals surface area contributed by atoms with Crippen molar-refractivity contribution in [3.63, 3.8) is 0 Å². The predicted octanol–water partition coefficient (Wildman–Crippen LogP) is 1.24. The van der Waals surface area contributed by atoms with Crippen molar-refractivity contribution >= 4 is 0 Å². The summed E-state index contributed by atoms with van der Waals surface area (Å²) in [6.45, 7) is 0.904. The van der Waals surface area contributed by atoms with Gasteiger partial charge in [-0.2, -0.15) is 4.80 Å². The molecule has 0 aliphatic carbocycles. The van der Waals surface area contributed by atoms with Crippen LogP contribution in [-0.2, 0) is 13.1 Å². The van der Waals surface area contributed by atoms with Crippen molar-refractivity contribution in [1.82, 2.24) is 25.2 Å². The third kappa shape index (κ3) is 2.70. The molecular formula is C14H14N6. The van der Waals surface area contributed by atoms with Crippen LogP contribution < -0.4 is 5.73 Å². The Hall–Kier alpha value is -2.60. The topological polar surface area (TPSA) is 82.5 Å². The second-order valence-corrected chi connectivity index (χ2v) is 4.33. The number of tetrazole rings is 1. The normalized spacial score (nSPS) is 10.7. The van der Waals surface area contributed by atoms with Crippen molar-refractivity contribution in [2.24, 2.45) is 5.73 Å². The van der Waals surface area contributed by atoms with E-state index in [1.54, 1.807) is 0 Å². The Bertz CT molecular complexity index is 692. The van der Waals surface area contributed by atoms with Crippen molar-refractivity contribution in [2.45, 2.75) is 13.1 Å². The number of nitrogens with two attached hydrogens (primary N) is 1. The van der Waals surface area contributed by atoms with Crippen LogP contribution >= 0.6 is 0 Å². The summed E-state index contributed by atoms with van der Waals surface area (Å²) >= 11 is 0. The molecule has 2 heterocycles. The fourth-order valence-corrected chi connectivity index (χ4v) is 1.89. The number of nitrogens with zero attached hydrogens (tertiary/aromatic N) is 5. The molecule has 0 fully saturated rings. The molecule has 0 amide bonds. The molecule has 0 radical (unpaired) electrons. The first-order valence-corrected chi connectivity index (χ1v) is 6.33. The molecule has 2 N–H and O–H groups in total. The molecule has 6 heteroatoms. The van der Waals surface area contributed by atoms with Crippen LogP contribution in [0, 0.1) is 0 Å². The third-order valence-corrected chi connectivity index (χ3v) is 2.86. The molecule has 0 spiro atoms. The maximum Gasteiger partial charge on any atom is 0.204 e. The van der Waals surface area contributed by atoms with Crippen LogP contribution in [-0.4, -0.2) is 25.2 Å². The Morgan fingerprint density at radius 1 is 0.950 bits per heavy atom. The lowest BCUT2D eigenvalue weighted by Gasteiger charge is -2.01. The molecule has 6 nitrogen and oxygen atoms in total. The van der Waals surface area contributed by atoms with Gasteiger partial charge >= 0.3 is 0 Å². The lowest BCUT2D eigenvalue weighted by molar-refractivity contribution is 0.563. The van der Waals surface area contributed by atoms with Gasteiger partial charge in [0.1, 0.15) is 6.54 Å². The van der Waals surface area contributed by atoms with E-state index in [0.717, 1.165) is 17.0 Å². The van der Waals surface area contributed by atoms with E-state index in [9.17, 15) is 0 Å². The van der Waals surface area contributed by atoms with Crippen LogP contribution in [0.25, 0.3) is 11.4 Å². The molecule has 0 unspecified atom stereocenters. The molecular weight excluding hydrogens is 252 g/mol. The fraction of sp³-hybridized carbons (Fsp3) is 0.143. The van der Waals surface area contributed by atoms with E-state index in [4.69, 9.17) is 5.73 Å². The monoisotopic (exact) mass is 266 g/mol. The van der Waals surface area contributed by atoms with Crippen LogP contribution in [0.15, 0.2) is 48.5 Å². The van der Waals surface area contributed by atoms with Crippen molar-refractivity contribution in [3.8, 4) is 11.4 Å². The summed E-state index contributed by atoms with van der Waals surface area (Å²) in [7, 11) is 0. The van der Waals surface area contributed by atoms with Gasteiger partial charge in [-0.05, 0) is 17.3 Å². The molecule has 1 aromatic carbocycles. The summed E-state index contributed by atoms with van der Waals surface area (Å²) < 4.78 is 0. The average molecular weight is 266 g/mol. The molecule has 100 valence electrons. The smallest absolute Gasteiger partial charge is 0.204 e. The molecule has 3 rings (SSSR count). The van der Waals surface area contributed by atoms with E-state index in [1.165, 1.54) is 4.80 Å². The van der Waals surface area contributed by atoms with Crippen molar-refractivity contribution in [2.75, 3.05) is 0 Å². The van der Waals surface area contributed by atoms with Gasteiger partial charge in [-0.1, -0.05) is 36.4 Å². The SMILES string of the molecule is NCc1cccc(Cn2nnc(-c3ccccc3)n2)n1. The molecule has 0 aliphatic rings. The van der Waals surface area contributed by atoms with Gasteiger partial charge < -0.3 is 5.73 Å². The van der Waals surface area contributed by atoms with Gasteiger partial charge in [-0.25, -0.2) is 0 Å². The number of pyridine rings is 1. The minimum atomic E-state index is 0.424. The van der Waals surface area contributed by atoms with E-state index in [2.05, 4.69) is 20.4 Å². The maximum absolute atomic E-state index is 5.58. The summed E-state index contributed by atoms with van der Waals surface area (Å²) in [5, 5.41) is 12.5. The van der Waals surface area contributed by atoms with Gasteiger partial charge in [0.25, 0.3) is 0 Å². The van der Waals surface area contributed by atoms with Crippen LogP contribution in [0.5, 0.6) is 0 Å². The Morgan fingerprint density at radius 2 is 1.75 bits per heavy atom. The van der Waals surface area contributed by atoms with Crippen LogP contribution in [0.2, 0.25) is 0 Å². The lowest BCUT2D eigenvalue weighted by Crippen LogP contribution is -2.08. The van der Waals surface area contributed by atoms with Crippen molar-refractivity contribution in [1.29, 1.82) is 0 Å². The quantitative estimate of drug-likeness (QED) is 0.768. The number of rotatable bonds is 4. The van der Waals surface area contributed by atoms with Gasteiger partial charge in [0, 0.05) is 12.1 Å². The van der Waals surface area contributed by atoms with E-state index in [0.29, 0.717) is 18.9 Å². The van der Waals surface area contributed by atoms with Crippen LogP contribution in [0.4, 0.5) is 0 Å².